The summed E-state index contributed by atoms with van der Waals surface area (Å²) in [6.45, 7) is 6.85. The quantitative estimate of drug-likeness (QED) is 0.869. The van der Waals surface area contributed by atoms with Gasteiger partial charge in [-0.2, -0.15) is 0 Å². The Morgan fingerprint density at radius 2 is 2.00 bits per heavy atom. The summed E-state index contributed by atoms with van der Waals surface area (Å²) in [5, 5.41) is 3.67. The van der Waals surface area contributed by atoms with Crippen molar-refractivity contribution >= 4 is 11.3 Å². The molecule has 2 aromatic rings. The monoisotopic (exact) mass is 328 g/mol. The number of fused-ring (bicyclic) bond motifs is 1. The normalized spacial score (nSPS) is 26.7. The molecular weight excluding hydrogens is 300 g/mol. The maximum Gasteiger partial charge on any atom is 0.0345 e. The standard InChI is InChI=1S/C11H10S.C9H18N2/c1-9-7-8-11(12-9)10-5-3-2-4-6-10;1-3-9-5-4-8(9)11(2)7-6-10-9/h2-8H,1H3;8,10H,3-7H2,1-2H3. The minimum Gasteiger partial charge on any atom is -0.308 e. The van der Waals surface area contributed by atoms with E-state index in [1.165, 1.54) is 47.7 Å². The molecule has 4 rings (SSSR count). The lowest BCUT2D eigenvalue weighted by Crippen LogP contribution is -2.71. The van der Waals surface area contributed by atoms with Crippen LogP contribution in [-0.2, 0) is 0 Å². The van der Waals surface area contributed by atoms with Gasteiger partial charge in [-0.15, -0.1) is 11.3 Å². The highest BCUT2D eigenvalue weighted by atomic mass is 32.1. The number of benzene rings is 1. The van der Waals surface area contributed by atoms with Crippen LogP contribution in [0.25, 0.3) is 10.4 Å². The highest BCUT2D eigenvalue weighted by Gasteiger charge is 2.48. The molecule has 0 amide bonds. The molecule has 2 unspecified atom stereocenters. The summed E-state index contributed by atoms with van der Waals surface area (Å²) in [4.78, 5) is 5.24. The smallest absolute Gasteiger partial charge is 0.0345 e. The number of thiophene rings is 1. The average Bonchev–Trinajstić information content (AvgIpc) is 2.98. The second-order valence-electron chi connectivity index (χ2n) is 6.75. The first-order valence-corrected chi connectivity index (χ1v) is 9.53. The number of hydrogen-bond acceptors (Lipinski definition) is 3. The Labute approximate surface area is 144 Å². The Balaban J connectivity index is 0.000000136. The summed E-state index contributed by atoms with van der Waals surface area (Å²) in [6, 6.07) is 15.7. The van der Waals surface area contributed by atoms with Crippen molar-refractivity contribution in [3.63, 3.8) is 0 Å². The van der Waals surface area contributed by atoms with Crippen LogP contribution in [0.15, 0.2) is 42.5 Å². The summed E-state index contributed by atoms with van der Waals surface area (Å²) in [5.41, 5.74) is 1.82. The van der Waals surface area contributed by atoms with E-state index in [1.807, 2.05) is 17.4 Å². The lowest BCUT2D eigenvalue weighted by Gasteiger charge is -2.57. The number of nitrogens with one attached hydrogen (secondary N) is 1. The summed E-state index contributed by atoms with van der Waals surface area (Å²) in [7, 11) is 2.26. The molecule has 2 heterocycles. The van der Waals surface area contributed by atoms with E-state index in [2.05, 4.69) is 67.5 Å². The zero-order valence-corrected chi connectivity index (χ0v) is 15.3. The average molecular weight is 329 g/mol. The third-order valence-electron chi connectivity index (χ3n) is 5.40. The first kappa shape index (κ1) is 16.7. The molecule has 1 aliphatic heterocycles. The molecule has 1 aromatic heterocycles. The molecule has 124 valence electrons. The van der Waals surface area contributed by atoms with Gasteiger partial charge >= 0.3 is 0 Å². The second kappa shape index (κ2) is 7.16. The van der Waals surface area contributed by atoms with E-state index in [9.17, 15) is 0 Å². The lowest BCUT2D eigenvalue weighted by molar-refractivity contribution is -0.00742. The lowest BCUT2D eigenvalue weighted by atomic mass is 9.68. The van der Waals surface area contributed by atoms with Crippen LogP contribution in [-0.4, -0.2) is 36.6 Å². The second-order valence-corrected chi connectivity index (χ2v) is 8.04. The first-order chi connectivity index (χ1) is 11.1. The molecule has 1 saturated carbocycles. The SMILES string of the molecule is CCC12CCC1N(C)CCN2.Cc1ccc(-c2ccccc2)s1. The Bertz CT molecular complexity index is 618. The van der Waals surface area contributed by atoms with E-state index in [0.29, 0.717) is 5.54 Å². The predicted octanol–water partition coefficient (Wildman–Crippen LogP) is 4.56. The zero-order valence-electron chi connectivity index (χ0n) is 14.5. The third-order valence-corrected chi connectivity index (χ3v) is 6.45. The summed E-state index contributed by atoms with van der Waals surface area (Å²) < 4.78 is 0. The van der Waals surface area contributed by atoms with Gasteiger partial charge in [0.2, 0.25) is 0 Å². The maximum atomic E-state index is 3.67. The molecule has 1 N–H and O–H groups in total. The van der Waals surface area contributed by atoms with E-state index in [-0.39, 0.29) is 0 Å². The van der Waals surface area contributed by atoms with E-state index in [0.717, 1.165) is 6.04 Å². The topological polar surface area (TPSA) is 15.3 Å². The van der Waals surface area contributed by atoms with Crippen molar-refractivity contribution in [1.82, 2.24) is 10.2 Å². The van der Waals surface area contributed by atoms with Crippen molar-refractivity contribution in [2.24, 2.45) is 0 Å². The fourth-order valence-electron chi connectivity index (χ4n) is 3.84. The molecule has 2 aliphatic rings. The van der Waals surface area contributed by atoms with Gasteiger partial charge in [0.25, 0.3) is 0 Å². The molecule has 2 atom stereocenters. The molecule has 0 radical (unpaired) electrons. The van der Waals surface area contributed by atoms with Crippen molar-refractivity contribution in [2.45, 2.75) is 44.7 Å². The number of likely N-dealkylation sites (N-methyl/N-ethyl adjacent to an activating group) is 1. The minimum absolute atomic E-state index is 0.507. The first-order valence-electron chi connectivity index (χ1n) is 8.72. The number of rotatable bonds is 2. The Morgan fingerprint density at radius 3 is 2.52 bits per heavy atom. The van der Waals surface area contributed by atoms with Crippen LogP contribution < -0.4 is 5.32 Å². The van der Waals surface area contributed by atoms with Crippen molar-refractivity contribution in [1.29, 1.82) is 0 Å². The van der Waals surface area contributed by atoms with Gasteiger partial charge in [0.05, 0.1) is 0 Å². The van der Waals surface area contributed by atoms with E-state index < -0.39 is 0 Å². The summed E-state index contributed by atoms with van der Waals surface area (Å²) in [6.07, 6.45) is 4.08. The molecule has 23 heavy (non-hydrogen) atoms. The van der Waals surface area contributed by atoms with Crippen LogP contribution in [0, 0.1) is 6.92 Å². The molecule has 1 aliphatic carbocycles. The Morgan fingerprint density at radius 1 is 1.22 bits per heavy atom. The van der Waals surface area contributed by atoms with Gasteiger partial charge in [-0.05, 0) is 50.9 Å². The van der Waals surface area contributed by atoms with Gasteiger partial charge in [-0.3, -0.25) is 0 Å². The molecule has 2 fully saturated rings. The van der Waals surface area contributed by atoms with Gasteiger partial charge in [0.1, 0.15) is 0 Å². The Kier molecular flexibility index (Phi) is 5.20. The van der Waals surface area contributed by atoms with Gasteiger partial charge in [-0.25, -0.2) is 0 Å². The van der Waals surface area contributed by atoms with Crippen molar-refractivity contribution < 1.29 is 0 Å². The molecule has 0 spiro atoms. The van der Waals surface area contributed by atoms with Gasteiger partial charge in [0.15, 0.2) is 0 Å². The number of nitrogens with zero attached hydrogens (tertiary/aromatic N) is 1. The highest BCUT2D eigenvalue weighted by molar-refractivity contribution is 7.15. The van der Waals surface area contributed by atoms with Crippen LogP contribution in [0.3, 0.4) is 0 Å². The molecule has 1 saturated heterocycles. The van der Waals surface area contributed by atoms with Crippen LogP contribution in [0.2, 0.25) is 0 Å². The van der Waals surface area contributed by atoms with Crippen molar-refractivity contribution in [3.05, 3.63) is 47.3 Å². The highest BCUT2D eigenvalue weighted by Crippen LogP contribution is 2.39. The van der Waals surface area contributed by atoms with Gasteiger partial charge in [0, 0.05) is 34.4 Å². The third kappa shape index (κ3) is 3.52. The van der Waals surface area contributed by atoms with E-state index in [1.54, 1.807) is 0 Å². The number of hydrogen-bond donors (Lipinski definition) is 1. The summed E-state index contributed by atoms with van der Waals surface area (Å²) >= 11 is 1.84. The molecule has 1 aromatic carbocycles. The molecule has 3 heteroatoms. The molecule has 0 bridgehead atoms. The molecular formula is C20H28N2S. The van der Waals surface area contributed by atoms with Crippen molar-refractivity contribution in [3.8, 4) is 10.4 Å². The van der Waals surface area contributed by atoms with Gasteiger partial charge in [-0.1, -0.05) is 37.3 Å². The predicted molar refractivity (Wildman–Crippen MR) is 101 cm³/mol. The molecule has 2 nitrogen and oxygen atoms in total. The van der Waals surface area contributed by atoms with Crippen LogP contribution in [0.1, 0.15) is 31.1 Å². The fraction of sp³-hybridized carbons (Fsp3) is 0.500. The maximum absolute atomic E-state index is 3.67. The van der Waals surface area contributed by atoms with Crippen molar-refractivity contribution in [2.75, 3.05) is 20.1 Å². The number of aryl methyl sites for hydroxylation is 1. The van der Waals surface area contributed by atoms with Crippen LogP contribution in [0.5, 0.6) is 0 Å². The van der Waals surface area contributed by atoms with Crippen LogP contribution >= 0.6 is 11.3 Å². The van der Waals surface area contributed by atoms with E-state index >= 15 is 0 Å². The van der Waals surface area contributed by atoms with Crippen LogP contribution in [0.4, 0.5) is 0 Å². The number of piperazine rings is 1. The fourth-order valence-corrected chi connectivity index (χ4v) is 4.71. The minimum atomic E-state index is 0.507. The van der Waals surface area contributed by atoms with Gasteiger partial charge < -0.3 is 10.2 Å². The summed E-state index contributed by atoms with van der Waals surface area (Å²) in [5.74, 6) is 0. The zero-order chi connectivity index (χ0) is 16.3. The largest absolute Gasteiger partial charge is 0.308 e. The van der Waals surface area contributed by atoms with E-state index in [4.69, 9.17) is 0 Å². The Hall–Kier alpha value is -1.16.